The quantitative estimate of drug-likeness (QED) is 0.849. The van der Waals surface area contributed by atoms with Crippen molar-refractivity contribution >= 4 is 28.2 Å². The Morgan fingerprint density at radius 1 is 1.48 bits per heavy atom. The number of hydrogen-bond donors (Lipinski definition) is 1. The summed E-state index contributed by atoms with van der Waals surface area (Å²) in [6.07, 6.45) is 1.54. The summed E-state index contributed by atoms with van der Waals surface area (Å²) < 4.78 is 6.52. The van der Waals surface area contributed by atoms with Gasteiger partial charge in [0.25, 0.3) is 5.91 Å². The Hall–Kier alpha value is -2.66. The van der Waals surface area contributed by atoms with Crippen molar-refractivity contribution in [2.24, 2.45) is 0 Å². The van der Waals surface area contributed by atoms with Gasteiger partial charge in [-0.25, -0.2) is 4.79 Å². The smallest absolute Gasteiger partial charge is 0.348 e. The number of rotatable bonds is 5. The summed E-state index contributed by atoms with van der Waals surface area (Å²) in [5, 5.41) is 16.4. The van der Waals surface area contributed by atoms with Crippen LogP contribution in [0.25, 0.3) is 0 Å². The number of esters is 1. The topological polar surface area (TPSA) is 97.0 Å². The third kappa shape index (κ3) is 3.24. The number of nitrogens with one attached hydrogen (secondary N) is 1. The van der Waals surface area contributed by atoms with Crippen molar-refractivity contribution in [3.63, 3.8) is 0 Å². The van der Waals surface area contributed by atoms with E-state index in [0.29, 0.717) is 27.7 Å². The van der Waals surface area contributed by atoms with Crippen LogP contribution in [0, 0.1) is 18.3 Å². The van der Waals surface area contributed by atoms with Gasteiger partial charge in [-0.05, 0) is 32.4 Å². The number of aryl methyl sites for hydroxylation is 1. The maximum Gasteiger partial charge on any atom is 0.348 e. The molecule has 1 amide bonds. The van der Waals surface area contributed by atoms with Crippen LogP contribution in [-0.4, -0.2) is 28.3 Å². The van der Waals surface area contributed by atoms with Gasteiger partial charge in [-0.2, -0.15) is 10.4 Å². The van der Waals surface area contributed by atoms with Crippen LogP contribution in [0.5, 0.6) is 0 Å². The molecule has 0 saturated carbocycles. The predicted molar refractivity (Wildman–Crippen MR) is 85.6 cm³/mol. The van der Waals surface area contributed by atoms with Gasteiger partial charge in [0.15, 0.2) is 0 Å². The van der Waals surface area contributed by atoms with Crippen molar-refractivity contribution in [2.45, 2.75) is 27.3 Å². The zero-order valence-corrected chi connectivity index (χ0v) is 13.9. The van der Waals surface area contributed by atoms with Crippen molar-refractivity contribution in [3.05, 3.63) is 34.0 Å². The lowest BCUT2D eigenvalue weighted by molar-refractivity contribution is 0.0531. The van der Waals surface area contributed by atoms with Gasteiger partial charge in [-0.15, -0.1) is 11.3 Å². The highest BCUT2D eigenvalue weighted by molar-refractivity contribution is 7.18. The lowest BCUT2D eigenvalue weighted by atomic mass is 10.2. The molecule has 2 rings (SSSR count). The van der Waals surface area contributed by atoms with E-state index in [4.69, 9.17) is 4.74 Å². The molecular weight excluding hydrogens is 316 g/mol. The highest BCUT2D eigenvalue weighted by Crippen LogP contribution is 2.33. The molecule has 2 aromatic heterocycles. The lowest BCUT2D eigenvalue weighted by Gasteiger charge is -2.05. The van der Waals surface area contributed by atoms with Crippen LogP contribution in [0.4, 0.5) is 5.00 Å². The molecule has 2 aromatic rings. The Kier molecular flexibility index (Phi) is 5.13. The molecule has 0 atom stereocenters. The fourth-order valence-corrected chi connectivity index (χ4v) is 3.12. The van der Waals surface area contributed by atoms with Gasteiger partial charge in [-0.3, -0.25) is 9.48 Å². The van der Waals surface area contributed by atoms with Gasteiger partial charge in [0, 0.05) is 12.7 Å². The molecule has 0 aromatic carbocycles. The van der Waals surface area contributed by atoms with Gasteiger partial charge in [-0.1, -0.05) is 0 Å². The minimum absolute atomic E-state index is 0.245. The van der Waals surface area contributed by atoms with Crippen molar-refractivity contribution in [2.75, 3.05) is 11.9 Å². The standard InChI is InChI=1S/C15H16N4O3S/c1-4-19-11(6-7-17-19)13(20)18-14-10(8-16)9(3)12(23-14)15(21)22-5-2/h6-7H,4-5H2,1-3H3,(H,18,20). The van der Waals surface area contributed by atoms with Crippen LogP contribution >= 0.6 is 11.3 Å². The summed E-state index contributed by atoms with van der Waals surface area (Å²) in [7, 11) is 0. The molecule has 0 saturated heterocycles. The molecule has 0 aliphatic rings. The molecule has 0 spiro atoms. The van der Waals surface area contributed by atoms with E-state index in [1.165, 1.54) is 6.20 Å². The van der Waals surface area contributed by atoms with Crippen LogP contribution in [0.15, 0.2) is 12.3 Å². The number of thiophene rings is 1. The number of ether oxygens (including phenoxy) is 1. The zero-order chi connectivity index (χ0) is 17.0. The average molecular weight is 332 g/mol. The predicted octanol–water partition coefficient (Wildman–Crippen LogP) is 2.57. The van der Waals surface area contributed by atoms with E-state index in [9.17, 15) is 14.9 Å². The fourth-order valence-electron chi connectivity index (χ4n) is 2.07. The summed E-state index contributed by atoms with van der Waals surface area (Å²) in [5.74, 6) is -0.872. The number of aromatic nitrogens is 2. The van der Waals surface area contributed by atoms with E-state index in [2.05, 4.69) is 10.4 Å². The van der Waals surface area contributed by atoms with E-state index in [1.54, 1.807) is 24.6 Å². The highest BCUT2D eigenvalue weighted by atomic mass is 32.1. The number of carbonyl (C=O) groups excluding carboxylic acids is 2. The Morgan fingerprint density at radius 2 is 2.22 bits per heavy atom. The molecule has 0 radical (unpaired) electrons. The van der Waals surface area contributed by atoms with E-state index < -0.39 is 5.97 Å². The van der Waals surface area contributed by atoms with Crippen LogP contribution < -0.4 is 5.32 Å². The van der Waals surface area contributed by atoms with Gasteiger partial charge in [0.05, 0.1) is 12.2 Å². The number of nitrogens with zero attached hydrogens (tertiary/aromatic N) is 3. The second-order valence-electron chi connectivity index (χ2n) is 4.58. The van der Waals surface area contributed by atoms with Crippen LogP contribution in [0.3, 0.4) is 0 Å². The second-order valence-corrected chi connectivity index (χ2v) is 5.60. The van der Waals surface area contributed by atoms with Crippen LogP contribution in [0.2, 0.25) is 0 Å². The summed E-state index contributed by atoms with van der Waals surface area (Å²) in [6.45, 7) is 6.04. The molecule has 23 heavy (non-hydrogen) atoms. The molecule has 8 heteroatoms. The van der Waals surface area contributed by atoms with Crippen LogP contribution in [0.1, 0.15) is 45.1 Å². The largest absolute Gasteiger partial charge is 0.462 e. The molecule has 1 N–H and O–H groups in total. The third-order valence-corrected chi connectivity index (χ3v) is 4.38. The lowest BCUT2D eigenvalue weighted by Crippen LogP contribution is -2.17. The Bertz CT molecular complexity index is 785. The van der Waals surface area contributed by atoms with Gasteiger partial charge < -0.3 is 10.1 Å². The number of hydrogen-bond acceptors (Lipinski definition) is 6. The number of carbonyl (C=O) groups is 2. The maximum atomic E-state index is 12.3. The first-order valence-corrected chi connectivity index (χ1v) is 7.88. The molecular formula is C15H16N4O3S. The molecule has 0 aliphatic heterocycles. The van der Waals surface area contributed by atoms with Gasteiger partial charge in [0.2, 0.25) is 0 Å². The van der Waals surface area contributed by atoms with Crippen LogP contribution in [-0.2, 0) is 11.3 Å². The second kappa shape index (κ2) is 7.07. The maximum absolute atomic E-state index is 12.3. The number of amides is 1. The minimum atomic E-state index is -0.495. The van der Waals surface area contributed by atoms with Crippen molar-refractivity contribution < 1.29 is 14.3 Å². The van der Waals surface area contributed by atoms with Gasteiger partial charge >= 0.3 is 5.97 Å². The molecule has 0 bridgehead atoms. The van der Waals surface area contributed by atoms with E-state index in [0.717, 1.165) is 11.3 Å². The highest BCUT2D eigenvalue weighted by Gasteiger charge is 2.23. The molecule has 0 aliphatic carbocycles. The Labute approximate surface area is 137 Å². The molecule has 2 heterocycles. The summed E-state index contributed by atoms with van der Waals surface area (Å²) in [4.78, 5) is 24.6. The van der Waals surface area contributed by atoms with Crippen molar-refractivity contribution in [3.8, 4) is 6.07 Å². The summed E-state index contributed by atoms with van der Waals surface area (Å²) >= 11 is 1.04. The van der Waals surface area contributed by atoms with Crippen molar-refractivity contribution in [1.82, 2.24) is 9.78 Å². The molecule has 7 nitrogen and oxygen atoms in total. The molecule has 0 fully saturated rings. The average Bonchev–Trinajstić information content (AvgIpc) is 3.12. The Morgan fingerprint density at radius 3 is 2.83 bits per heavy atom. The minimum Gasteiger partial charge on any atom is -0.462 e. The first-order chi connectivity index (χ1) is 11.0. The summed E-state index contributed by atoms with van der Waals surface area (Å²) in [5.41, 5.74) is 1.17. The number of anilines is 1. The fraction of sp³-hybridized carbons (Fsp3) is 0.333. The normalized spacial score (nSPS) is 10.2. The monoisotopic (exact) mass is 332 g/mol. The SMILES string of the molecule is CCOC(=O)c1sc(NC(=O)c2ccnn2CC)c(C#N)c1C. The van der Waals surface area contributed by atoms with E-state index >= 15 is 0 Å². The molecule has 0 unspecified atom stereocenters. The molecule has 120 valence electrons. The first kappa shape index (κ1) is 16.7. The third-order valence-electron chi connectivity index (χ3n) is 3.20. The van der Waals surface area contributed by atoms with E-state index in [1.807, 2.05) is 13.0 Å². The number of nitriles is 1. The van der Waals surface area contributed by atoms with Crippen molar-refractivity contribution in [1.29, 1.82) is 5.26 Å². The van der Waals surface area contributed by atoms with Gasteiger partial charge in [0.1, 0.15) is 21.6 Å². The zero-order valence-electron chi connectivity index (χ0n) is 13.0. The summed E-state index contributed by atoms with van der Waals surface area (Å²) in [6, 6.07) is 3.62. The first-order valence-electron chi connectivity index (χ1n) is 7.07. The Balaban J connectivity index is 2.33. The van der Waals surface area contributed by atoms with E-state index in [-0.39, 0.29) is 18.1 Å².